The van der Waals surface area contributed by atoms with Crippen LogP contribution in [0.15, 0.2) is 29.9 Å². The molecule has 1 N–H and O–H groups in total. The molecule has 2 aromatic rings. The predicted octanol–water partition coefficient (Wildman–Crippen LogP) is 2.99. The quantitative estimate of drug-likeness (QED) is 0.883. The number of hydrogen-bond acceptors (Lipinski definition) is 3. The minimum absolute atomic E-state index is 0.365. The summed E-state index contributed by atoms with van der Waals surface area (Å²) >= 11 is 1.79. The maximum Gasteiger partial charge on any atom is 0.0641 e. The molecule has 17 heavy (non-hydrogen) atoms. The average Bonchev–Trinajstić information content (AvgIpc) is 2.95. The van der Waals surface area contributed by atoms with Gasteiger partial charge in [-0.2, -0.15) is 5.10 Å². The Labute approximate surface area is 106 Å². The second-order valence-corrected chi connectivity index (χ2v) is 5.52. The van der Waals surface area contributed by atoms with Crippen molar-refractivity contribution in [2.75, 3.05) is 0 Å². The Balaban J connectivity index is 1.89. The summed E-state index contributed by atoms with van der Waals surface area (Å²) in [5.74, 6) is 0. The van der Waals surface area contributed by atoms with Gasteiger partial charge in [-0.15, -0.1) is 11.3 Å². The molecule has 0 aliphatic heterocycles. The lowest BCUT2D eigenvalue weighted by Crippen LogP contribution is -2.33. The van der Waals surface area contributed by atoms with E-state index in [2.05, 4.69) is 54.9 Å². The molecule has 0 saturated carbocycles. The topological polar surface area (TPSA) is 29.9 Å². The third kappa shape index (κ3) is 3.17. The molecule has 2 heterocycles. The Morgan fingerprint density at radius 3 is 2.88 bits per heavy atom. The zero-order valence-corrected chi connectivity index (χ0v) is 11.4. The van der Waals surface area contributed by atoms with E-state index in [1.54, 1.807) is 11.3 Å². The van der Waals surface area contributed by atoms with Crippen LogP contribution in [0.2, 0.25) is 0 Å². The van der Waals surface area contributed by atoms with Gasteiger partial charge in [-0.25, -0.2) is 0 Å². The molecular formula is C13H19N3S. The van der Waals surface area contributed by atoms with Crippen molar-refractivity contribution in [3.63, 3.8) is 0 Å². The molecule has 0 aliphatic carbocycles. The monoisotopic (exact) mass is 249 g/mol. The zero-order chi connectivity index (χ0) is 12.3. The van der Waals surface area contributed by atoms with Crippen molar-refractivity contribution < 1.29 is 0 Å². The normalized spacial score (nSPS) is 14.8. The molecule has 0 unspecified atom stereocenters. The molecule has 92 valence electrons. The first-order valence-electron chi connectivity index (χ1n) is 5.93. The van der Waals surface area contributed by atoms with Crippen LogP contribution in [0.4, 0.5) is 0 Å². The third-order valence-corrected chi connectivity index (χ3v) is 3.93. The molecule has 0 aromatic carbocycles. The van der Waals surface area contributed by atoms with Crippen LogP contribution in [0.5, 0.6) is 0 Å². The van der Waals surface area contributed by atoms with Gasteiger partial charge < -0.3 is 5.32 Å². The van der Waals surface area contributed by atoms with Gasteiger partial charge in [0.2, 0.25) is 0 Å². The van der Waals surface area contributed by atoms with Crippen molar-refractivity contribution in [3.05, 3.63) is 40.3 Å². The second-order valence-electron chi connectivity index (χ2n) is 4.49. The van der Waals surface area contributed by atoms with Crippen molar-refractivity contribution in [1.82, 2.24) is 15.1 Å². The van der Waals surface area contributed by atoms with Crippen LogP contribution in [0.25, 0.3) is 0 Å². The lowest BCUT2D eigenvalue weighted by molar-refractivity contribution is 0.366. The Morgan fingerprint density at radius 2 is 2.29 bits per heavy atom. The zero-order valence-electron chi connectivity index (χ0n) is 10.6. The first-order valence-corrected chi connectivity index (χ1v) is 6.81. The van der Waals surface area contributed by atoms with E-state index in [1.165, 1.54) is 10.4 Å². The Bertz CT molecular complexity index is 447. The van der Waals surface area contributed by atoms with E-state index in [0.29, 0.717) is 12.1 Å². The summed E-state index contributed by atoms with van der Waals surface area (Å²) in [7, 11) is 0. The number of aryl methyl sites for hydroxylation is 1. The molecule has 0 bridgehead atoms. The summed E-state index contributed by atoms with van der Waals surface area (Å²) in [5.41, 5.74) is 1.21. The SMILES string of the molecule is Cc1cnn([C@@H](C)[C@@H](C)NCc2cccs2)c1. The summed E-state index contributed by atoms with van der Waals surface area (Å²) < 4.78 is 2.03. The predicted molar refractivity (Wildman–Crippen MR) is 72.3 cm³/mol. The Hall–Kier alpha value is -1.13. The van der Waals surface area contributed by atoms with E-state index in [9.17, 15) is 0 Å². The van der Waals surface area contributed by atoms with Gasteiger partial charge in [0.15, 0.2) is 0 Å². The van der Waals surface area contributed by atoms with E-state index in [4.69, 9.17) is 0 Å². The van der Waals surface area contributed by atoms with Crippen LogP contribution in [0.3, 0.4) is 0 Å². The molecule has 0 radical (unpaired) electrons. The fraction of sp³-hybridized carbons (Fsp3) is 0.462. The molecule has 0 aliphatic rings. The van der Waals surface area contributed by atoms with E-state index in [-0.39, 0.29) is 0 Å². The van der Waals surface area contributed by atoms with Crippen LogP contribution < -0.4 is 5.32 Å². The van der Waals surface area contributed by atoms with Crippen LogP contribution in [0.1, 0.15) is 30.3 Å². The maximum atomic E-state index is 4.36. The molecule has 2 atom stereocenters. The molecule has 2 rings (SSSR count). The van der Waals surface area contributed by atoms with Crippen molar-refractivity contribution in [2.24, 2.45) is 0 Å². The number of nitrogens with zero attached hydrogens (tertiary/aromatic N) is 2. The van der Waals surface area contributed by atoms with Crippen LogP contribution in [-0.4, -0.2) is 15.8 Å². The molecule has 0 fully saturated rings. The number of nitrogens with one attached hydrogen (secondary N) is 1. The summed E-state index contributed by atoms with van der Waals surface area (Å²) in [5, 5.41) is 10.0. The highest BCUT2D eigenvalue weighted by molar-refractivity contribution is 7.09. The molecule has 2 aromatic heterocycles. The number of aromatic nitrogens is 2. The van der Waals surface area contributed by atoms with Gasteiger partial charge in [0.1, 0.15) is 0 Å². The smallest absolute Gasteiger partial charge is 0.0641 e. The van der Waals surface area contributed by atoms with Gasteiger partial charge in [-0.05, 0) is 37.8 Å². The summed E-state index contributed by atoms with van der Waals surface area (Å²) in [4.78, 5) is 1.38. The number of thiophene rings is 1. The fourth-order valence-corrected chi connectivity index (χ4v) is 2.39. The Kier molecular flexibility index (Phi) is 3.97. The molecule has 3 nitrogen and oxygen atoms in total. The minimum atomic E-state index is 0.365. The first kappa shape index (κ1) is 12.3. The lowest BCUT2D eigenvalue weighted by atomic mass is 10.1. The molecule has 0 spiro atoms. The van der Waals surface area contributed by atoms with Crippen LogP contribution in [0, 0.1) is 6.92 Å². The van der Waals surface area contributed by atoms with E-state index < -0.39 is 0 Å². The summed E-state index contributed by atoms with van der Waals surface area (Å²) in [6, 6.07) is 5.01. The van der Waals surface area contributed by atoms with Crippen LogP contribution >= 0.6 is 11.3 Å². The molecule has 0 saturated heterocycles. The lowest BCUT2D eigenvalue weighted by Gasteiger charge is -2.21. The largest absolute Gasteiger partial charge is 0.307 e. The van der Waals surface area contributed by atoms with E-state index >= 15 is 0 Å². The van der Waals surface area contributed by atoms with Gasteiger partial charge in [0.25, 0.3) is 0 Å². The van der Waals surface area contributed by atoms with Crippen molar-refractivity contribution in [2.45, 2.75) is 39.4 Å². The number of hydrogen-bond donors (Lipinski definition) is 1. The van der Waals surface area contributed by atoms with Gasteiger partial charge in [0.05, 0.1) is 12.2 Å². The second kappa shape index (κ2) is 5.47. The Morgan fingerprint density at radius 1 is 1.47 bits per heavy atom. The first-order chi connectivity index (χ1) is 8.16. The van der Waals surface area contributed by atoms with Gasteiger partial charge in [0, 0.05) is 23.7 Å². The highest BCUT2D eigenvalue weighted by Crippen LogP contribution is 2.13. The van der Waals surface area contributed by atoms with Crippen molar-refractivity contribution in [1.29, 1.82) is 0 Å². The molecular weight excluding hydrogens is 230 g/mol. The van der Waals surface area contributed by atoms with Crippen molar-refractivity contribution in [3.8, 4) is 0 Å². The fourth-order valence-electron chi connectivity index (χ4n) is 1.73. The number of rotatable bonds is 5. The van der Waals surface area contributed by atoms with Gasteiger partial charge in [-0.3, -0.25) is 4.68 Å². The minimum Gasteiger partial charge on any atom is -0.307 e. The summed E-state index contributed by atoms with van der Waals surface area (Å²) in [6.45, 7) is 7.40. The van der Waals surface area contributed by atoms with Crippen LogP contribution in [-0.2, 0) is 6.54 Å². The van der Waals surface area contributed by atoms with E-state index in [1.807, 2.05) is 10.9 Å². The van der Waals surface area contributed by atoms with E-state index in [0.717, 1.165) is 6.54 Å². The van der Waals surface area contributed by atoms with Gasteiger partial charge >= 0.3 is 0 Å². The van der Waals surface area contributed by atoms with Crippen molar-refractivity contribution >= 4 is 11.3 Å². The van der Waals surface area contributed by atoms with Gasteiger partial charge in [-0.1, -0.05) is 6.07 Å². The highest BCUT2D eigenvalue weighted by Gasteiger charge is 2.14. The summed E-state index contributed by atoms with van der Waals surface area (Å²) in [6.07, 6.45) is 4.00. The maximum absolute atomic E-state index is 4.36. The highest BCUT2D eigenvalue weighted by atomic mass is 32.1. The third-order valence-electron chi connectivity index (χ3n) is 3.05. The average molecular weight is 249 g/mol. The standard InChI is InChI=1S/C13H19N3S/c1-10-7-15-16(9-10)12(3)11(2)14-8-13-5-4-6-17-13/h4-7,9,11-12,14H,8H2,1-3H3/t11-,12+/m1/s1. The molecule has 4 heteroatoms. The molecule has 0 amide bonds.